The van der Waals surface area contributed by atoms with Crippen LogP contribution in [0.2, 0.25) is 0 Å². The summed E-state index contributed by atoms with van der Waals surface area (Å²) in [7, 11) is -3.76. The van der Waals surface area contributed by atoms with Crippen molar-refractivity contribution in [2.75, 3.05) is 26.2 Å². The first kappa shape index (κ1) is 18.2. The average Bonchev–Trinajstić information content (AvgIpc) is 3.12. The lowest BCUT2D eigenvalue weighted by Crippen LogP contribution is -2.34. The molecule has 0 unspecified atom stereocenters. The SMILES string of the molecule is O=C(CNS(=O)(=O)/C=C/c1ccccc1)OCC(=O)N1CCCC1. The molecule has 0 saturated carbocycles. The quantitative estimate of drug-likeness (QED) is 0.731. The fourth-order valence-corrected chi connectivity index (χ4v) is 2.94. The van der Waals surface area contributed by atoms with E-state index in [0.29, 0.717) is 13.1 Å². The number of hydrogen-bond donors (Lipinski definition) is 1. The van der Waals surface area contributed by atoms with Gasteiger partial charge in [-0.05, 0) is 24.5 Å². The number of esters is 1. The van der Waals surface area contributed by atoms with Crippen LogP contribution in [0.1, 0.15) is 18.4 Å². The van der Waals surface area contributed by atoms with E-state index in [1.54, 1.807) is 29.2 Å². The van der Waals surface area contributed by atoms with Crippen molar-refractivity contribution < 1.29 is 22.7 Å². The van der Waals surface area contributed by atoms with Crippen molar-refractivity contribution in [2.24, 2.45) is 0 Å². The molecule has 1 N–H and O–H groups in total. The Hall–Kier alpha value is -2.19. The monoisotopic (exact) mass is 352 g/mol. The lowest BCUT2D eigenvalue weighted by atomic mass is 10.2. The van der Waals surface area contributed by atoms with E-state index in [1.165, 1.54) is 6.08 Å². The second kappa shape index (κ2) is 8.60. The summed E-state index contributed by atoms with van der Waals surface area (Å²) in [5.41, 5.74) is 0.724. The van der Waals surface area contributed by atoms with Gasteiger partial charge in [0, 0.05) is 18.5 Å². The van der Waals surface area contributed by atoms with E-state index in [4.69, 9.17) is 4.74 Å². The number of carbonyl (C=O) groups is 2. The second-order valence-corrected chi connectivity index (χ2v) is 6.98. The van der Waals surface area contributed by atoms with Crippen LogP contribution in [0.4, 0.5) is 0 Å². The zero-order valence-electron chi connectivity index (χ0n) is 13.2. The summed E-state index contributed by atoms with van der Waals surface area (Å²) in [5, 5.41) is 0.977. The number of nitrogens with one attached hydrogen (secondary N) is 1. The molecule has 8 heteroatoms. The number of amides is 1. The van der Waals surface area contributed by atoms with Gasteiger partial charge in [0.25, 0.3) is 5.91 Å². The van der Waals surface area contributed by atoms with Crippen LogP contribution >= 0.6 is 0 Å². The highest BCUT2D eigenvalue weighted by molar-refractivity contribution is 7.92. The first-order valence-corrected chi connectivity index (χ1v) is 9.17. The lowest BCUT2D eigenvalue weighted by molar-refractivity contribution is -0.150. The largest absolute Gasteiger partial charge is 0.455 e. The lowest BCUT2D eigenvalue weighted by Gasteiger charge is -2.14. The molecule has 1 aromatic rings. The Morgan fingerprint density at radius 2 is 1.83 bits per heavy atom. The summed E-state index contributed by atoms with van der Waals surface area (Å²) < 4.78 is 30.5. The molecule has 0 spiro atoms. The minimum Gasteiger partial charge on any atom is -0.455 e. The van der Waals surface area contributed by atoms with E-state index in [9.17, 15) is 18.0 Å². The van der Waals surface area contributed by atoms with E-state index in [2.05, 4.69) is 4.72 Å². The van der Waals surface area contributed by atoms with Crippen molar-refractivity contribution in [3.8, 4) is 0 Å². The molecular weight excluding hydrogens is 332 g/mol. The van der Waals surface area contributed by atoms with Crippen molar-refractivity contribution >= 4 is 28.0 Å². The highest BCUT2D eigenvalue weighted by Crippen LogP contribution is 2.07. The molecule has 1 amide bonds. The summed E-state index contributed by atoms with van der Waals surface area (Å²) in [6, 6.07) is 8.90. The fourth-order valence-electron chi connectivity index (χ4n) is 2.19. The second-order valence-electron chi connectivity index (χ2n) is 5.33. The Bertz CT molecular complexity index is 694. The number of rotatable bonds is 7. The molecule has 24 heavy (non-hydrogen) atoms. The number of nitrogens with zero attached hydrogens (tertiary/aromatic N) is 1. The van der Waals surface area contributed by atoms with Gasteiger partial charge in [-0.2, -0.15) is 0 Å². The van der Waals surface area contributed by atoms with E-state index in [0.717, 1.165) is 23.8 Å². The number of benzene rings is 1. The molecule has 1 heterocycles. The molecule has 2 rings (SSSR count). The number of sulfonamides is 1. The topological polar surface area (TPSA) is 92.8 Å². The van der Waals surface area contributed by atoms with Crippen molar-refractivity contribution in [3.05, 3.63) is 41.3 Å². The molecule has 1 saturated heterocycles. The number of likely N-dealkylation sites (tertiary alicyclic amines) is 1. The third kappa shape index (κ3) is 6.13. The number of carbonyl (C=O) groups excluding carboxylic acids is 2. The van der Waals surface area contributed by atoms with Crippen LogP contribution in [-0.2, 0) is 24.3 Å². The predicted octanol–water partition coefficient (Wildman–Crippen LogP) is 0.742. The van der Waals surface area contributed by atoms with Crippen LogP contribution in [0.3, 0.4) is 0 Å². The van der Waals surface area contributed by atoms with E-state index in [1.807, 2.05) is 6.07 Å². The Morgan fingerprint density at radius 3 is 2.50 bits per heavy atom. The number of ether oxygens (including phenoxy) is 1. The minimum absolute atomic E-state index is 0.257. The van der Waals surface area contributed by atoms with Crippen LogP contribution in [0.5, 0.6) is 0 Å². The first-order valence-electron chi connectivity index (χ1n) is 7.62. The van der Waals surface area contributed by atoms with Gasteiger partial charge in [-0.1, -0.05) is 30.3 Å². The van der Waals surface area contributed by atoms with Gasteiger partial charge in [-0.25, -0.2) is 13.1 Å². The van der Waals surface area contributed by atoms with Crippen molar-refractivity contribution in [1.29, 1.82) is 0 Å². The van der Waals surface area contributed by atoms with Gasteiger partial charge in [0.15, 0.2) is 6.61 Å². The predicted molar refractivity (Wildman–Crippen MR) is 89.2 cm³/mol. The minimum atomic E-state index is -3.76. The third-order valence-corrected chi connectivity index (χ3v) is 4.51. The Labute approximate surface area is 141 Å². The van der Waals surface area contributed by atoms with Crippen LogP contribution in [0.15, 0.2) is 35.7 Å². The highest BCUT2D eigenvalue weighted by atomic mass is 32.2. The molecule has 0 aromatic heterocycles. The smallest absolute Gasteiger partial charge is 0.321 e. The van der Waals surface area contributed by atoms with E-state index >= 15 is 0 Å². The molecule has 1 aliphatic heterocycles. The Morgan fingerprint density at radius 1 is 1.17 bits per heavy atom. The first-order chi connectivity index (χ1) is 11.5. The molecule has 0 aliphatic carbocycles. The van der Waals surface area contributed by atoms with Crippen LogP contribution in [0, 0.1) is 0 Å². The maximum atomic E-state index is 11.8. The van der Waals surface area contributed by atoms with Gasteiger partial charge >= 0.3 is 5.97 Å². The third-order valence-electron chi connectivity index (χ3n) is 3.47. The maximum absolute atomic E-state index is 11.8. The molecule has 1 fully saturated rings. The maximum Gasteiger partial charge on any atom is 0.321 e. The Balaban J connectivity index is 1.73. The molecule has 7 nitrogen and oxygen atoms in total. The summed E-state index contributed by atoms with van der Waals surface area (Å²) in [5.74, 6) is -1.05. The summed E-state index contributed by atoms with van der Waals surface area (Å²) >= 11 is 0. The molecule has 0 bridgehead atoms. The summed E-state index contributed by atoms with van der Waals surface area (Å²) in [6.45, 7) is 0.468. The van der Waals surface area contributed by atoms with Crippen LogP contribution < -0.4 is 4.72 Å². The zero-order chi connectivity index (χ0) is 17.4. The standard InChI is InChI=1S/C16H20N2O5S/c19-15(18-9-4-5-10-18)13-23-16(20)12-17-24(21,22)11-8-14-6-2-1-3-7-14/h1-3,6-8,11,17H,4-5,9-10,12-13H2/b11-8+. The van der Waals surface area contributed by atoms with Gasteiger partial charge in [-0.15, -0.1) is 0 Å². The van der Waals surface area contributed by atoms with Gasteiger partial charge in [-0.3, -0.25) is 9.59 Å². The molecule has 0 radical (unpaired) electrons. The molecule has 1 aromatic carbocycles. The summed E-state index contributed by atoms with van der Waals surface area (Å²) in [4.78, 5) is 24.9. The molecule has 130 valence electrons. The van der Waals surface area contributed by atoms with Crippen molar-refractivity contribution in [3.63, 3.8) is 0 Å². The average molecular weight is 352 g/mol. The van der Waals surface area contributed by atoms with Gasteiger partial charge in [0.2, 0.25) is 10.0 Å². The molecular formula is C16H20N2O5S. The zero-order valence-corrected chi connectivity index (χ0v) is 14.0. The highest BCUT2D eigenvalue weighted by Gasteiger charge is 2.19. The fraction of sp³-hybridized carbons (Fsp3) is 0.375. The summed E-state index contributed by atoms with van der Waals surface area (Å²) in [6.07, 6.45) is 3.32. The van der Waals surface area contributed by atoms with Crippen molar-refractivity contribution in [2.45, 2.75) is 12.8 Å². The molecule has 0 atom stereocenters. The number of hydrogen-bond acceptors (Lipinski definition) is 5. The Kier molecular flexibility index (Phi) is 6.51. The van der Waals surface area contributed by atoms with E-state index < -0.39 is 22.5 Å². The normalized spacial score (nSPS) is 14.9. The molecule has 1 aliphatic rings. The van der Waals surface area contributed by atoms with Gasteiger partial charge < -0.3 is 9.64 Å². The van der Waals surface area contributed by atoms with Crippen molar-refractivity contribution in [1.82, 2.24) is 9.62 Å². The van der Waals surface area contributed by atoms with Gasteiger partial charge in [0.1, 0.15) is 6.54 Å². The van der Waals surface area contributed by atoms with Gasteiger partial charge in [0.05, 0.1) is 0 Å². The van der Waals surface area contributed by atoms with E-state index in [-0.39, 0.29) is 12.5 Å². The van der Waals surface area contributed by atoms with Crippen LogP contribution in [-0.4, -0.2) is 51.4 Å². The van der Waals surface area contributed by atoms with Crippen LogP contribution in [0.25, 0.3) is 6.08 Å².